The average Bonchev–Trinajstić information content (AvgIpc) is 3.50. The number of ether oxygens (including phenoxy) is 1. The summed E-state index contributed by atoms with van der Waals surface area (Å²) in [4.78, 5) is 45.7. The van der Waals surface area contributed by atoms with E-state index >= 15 is 0 Å². The molecule has 1 aliphatic heterocycles. The fourth-order valence-corrected chi connectivity index (χ4v) is 3.40. The van der Waals surface area contributed by atoms with E-state index in [1.54, 1.807) is 19.1 Å². The normalized spacial score (nSPS) is 16.5. The Balaban J connectivity index is 1.58. The topological polar surface area (TPSA) is 127 Å². The van der Waals surface area contributed by atoms with E-state index in [0.717, 1.165) is 12.8 Å². The van der Waals surface area contributed by atoms with Crippen LogP contribution in [0.2, 0.25) is 0 Å². The van der Waals surface area contributed by atoms with Crippen molar-refractivity contribution in [3.05, 3.63) is 40.1 Å². The summed E-state index contributed by atoms with van der Waals surface area (Å²) in [6.45, 7) is 3.16. The van der Waals surface area contributed by atoms with Gasteiger partial charge in [0.1, 0.15) is 29.3 Å². The molecule has 0 aromatic carbocycles. The maximum atomic E-state index is 13.0. The van der Waals surface area contributed by atoms with E-state index in [0.29, 0.717) is 55.0 Å². The third-order valence-corrected chi connectivity index (χ3v) is 5.05. The largest absolute Gasteiger partial charge is 0.378 e. The zero-order valence-corrected chi connectivity index (χ0v) is 16.7. The molecule has 2 aromatic rings. The van der Waals surface area contributed by atoms with Crippen LogP contribution in [0.1, 0.15) is 35.3 Å². The number of carbonyl (C=O) groups is 2. The predicted molar refractivity (Wildman–Crippen MR) is 110 cm³/mol. The lowest BCUT2D eigenvalue weighted by Gasteiger charge is -2.16. The molecule has 1 saturated carbocycles. The molecule has 0 bridgehead atoms. The van der Waals surface area contributed by atoms with Gasteiger partial charge in [-0.1, -0.05) is 0 Å². The minimum Gasteiger partial charge on any atom is -0.378 e. The summed E-state index contributed by atoms with van der Waals surface area (Å²) < 4.78 is 6.86. The van der Waals surface area contributed by atoms with Gasteiger partial charge in [0.15, 0.2) is 0 Å². The minimum atomic E-state index is -0.353. The van der Waals surface area contributed by atoms with Gasteiger partial charge < -0.3 is 20.7 Å². The van der Waals surface area contributed by atoms with Crippen molar-refractivity contribution in [3.63, 3.8) is 0 Å². The van der Waals surface area contributed by atoms with Crippen molar-refractivity contribution in [2.45, 2.75) is 32.7 Å². The van der Waals surface area contributed by atoms with E-state index in [4.69, 9.17) is 4.74 Å². The highest BCUT2D eigenvalue weighted by molar-refractivity contribution is 5.94. The van der Waals surface area contributed by atoms with Gasteiger partial charge in [0.05, 0.1) is 13.2 Å². The second kappa shape index (κ2) is 8.62. The van der Waals surface area contributed by atoms with E-state index < -0.39 is 0 Å². The van der Waals surface area contributed by atoms with Crippen LogP contribution in [0.4, 0.5) is 17.3 Å². The SMILES string of the molecule is Cc1cc(Nc2cc(NC(=O)CC3CC3)ncn2)c(=O)n2c1C(=O)NCCOCC2. The molecule has 0 radical (unpaired) electrons. The van der Waals surface area contributed by atoms with E-state index in [2.05, 4.69) is 25.9 Å². The van der Waals surface area contributed by atoms with Crippen molar-refractivity contribution in [2.75, 3.05) is 30.4 Å². The zero-order chi connectivity index (χ0) is 21.1. The number of hydrogen-bond acceptors (Lipinski definition) is 7. The molecule has 2 aliphatic rings. The maximum absolute atomic E-state index is 13.0. The molecule has 10 nitrogen and oxygen atoms in total. The standard InChI is InChI=1S/C20H24N6O4/c1-12-8-14(20(29)26-5-7-30-6-4-21-19(28)18(12)26)24-15-10-16(23-11-22-15)25-17(27)9-13-2-3-13/h8,10-11,13H,2-7,9H2,1H3,(H,21,28)(H2,22,23,24,25,27). The molecule has 2 aromatic heterocycles. The molecular weight excluding hydrogens is 388 g/mol. The van der Waals surface area contributed by atoms with E-state index in [1.807, 2.05) is 0 Å². The highest BCUT2D eigenvalue weighted by Gasteiger charge is 2.24. The lowest BCUT2D eigenvalue weighted by atomic mass is 10.1. The first kappa shape index (κ1) is 20.0. The van der Waals surface area contributed by atoms with Gasteiger partial charge in [-0.05, 0) is 37.3 Å². The maximum Gasteiger partial charge on any atom is 0.274 e. The van der Waals surface area contributed by atoms with E-state index in [1.165, 1.54) is 10.9 Å². The minimum absolute atomic E-state index is 0.0822. The first-order valence-electron chi connectivity index (χ1n) is 10.0. The number of hydrogen-bond donors (Lipinski definition) is 3. The Morgan fingerprint density at radius 1 is 1.23 bits per heavy atom. The van der Waals surface area contributed by atoms with Gasteiger partial charge in [-0.2, -0.15) is 0 Å². The summed E-state index contributed by atoms with van der Waals surface area (Å²) in [5.74, 6) is 0.824. The molecule has 3 heterocycles. The Bertz CT molecular complexity index is 1030. The van der Waals surface area contributed by atoms with Gasteiger partial charge in [0.25, 0.3) is 11.5 Å². The molecule has 0 unspecified atom stereocenters. The van der Waals surface area contributed by atoms with Crippen LogP contribution in [0.25, 0.3) is 0 Å². The average molecular weight is 412 g/mol. The van der Waals surface area contributed by atoms with Crippen molar-refractivity contribution in [1.82, 2.24) is 19.9 Å². The number of aromatic nitrogens is 3. The summed E-state index contributed by atoms with van der Waals surface area (Å²) in [6.07, 6.45) is 3.99. The van der Waals surface area contributed by atoms with Gasteiger partial charge in [0.2, 0.25) is 5.91 Å². The second-order valence-corrected chi connectivity index (χ2v) is 7.52. The first-order valence-corrected chi connectivity index (χ1v) is 10.0. The number of aryl methyl sites for hydroxylation is 1. The third kappa shape index (κ3) is 4.65. The molecule has 4 rings (SSSR count). The summed E-state index contributed by atoms with van der Waals surface area (Å²) in [7, 11) is 0. The summed E-state index contributed by atoms with van der Waals surface area (Å²) in [6, 6.07) is 3.20. The smallest absolute Gasteiger partial charge is 0.274 e. The number of anilines is 3. The molecule has 3 N–H and O–H groups in total. The molecule has 1 fully saturated rings. The van der Waals surface area contributed by atoms with Crippen molar-refractivity contribution in [1.29, 1.82) is 0 Å². The fraction of sp³-hybridized carbons (Fsp3) is 0.450. The number of carbonyl (C=O) groups excluding carboxylic acids is 2. The molecule has 10 heteroatoms. The summed E-state index contributed by atoms with van der Waals surface area (Å²) >= 11 is 0. The van der Waals surface area contributed by atoms with Gasteiger partial charge in [-0.25, -0.2) is 9.97 Å². The molecule has 0 atom stereocenters. The van der Waals surface area contributed by atoms with Crippen molar-refractivity contribution in [3.8, 4) is 0 Å². The number of nitrogens with one attached hydrogen (secondary N) is 3. The predicted octanol–water partition coefficient (Wildman–Crippen LogP) is 1.19. The number of nitrogens with zero attached hydrogens (tertiary/aromatic N) is 3. The number of pyridine rings is 1. The number of fused-ring (bicyclic) bond motifs is 1. The molecule has 1 aliphatic carbocycles. The van der Waals surface area contributed by atoms with Gasteiger partial charge >= 0.3 is 0 Å². The quantitative estimate of drug-likeness (QED) is 0.673. The van der Waals surface area contributed by atoms with Crippen LogP contribution in [0.5, 0.6) is 0 Å². The third-order valence-electron chi connectivity index (χ3n) is 5.05. The highest BCUT2D eigenvalue weighted by atomic mass is 16.5. The number of amides is 2. The summed E-state index contributed by atoms with van der Waals surface area (Å²) in [5.41, 5.74) is 0.904. The van der Waals surface area contributed by atoms with Crippen molar-refractivity contribution < 1.29 is 14.3 Å². The van der Waals surface area contributed by atoms with Crippen LogP contribution in [-0.4, -0.2) is 46.1 Å². The van der Waals surface area contributed by atoms with Crippen LogP contribution < -0.4 is 21.5 Å². The van der Waals surface area contributed by atoms with Gasteiger partial charge in [0, 0.05) is 25.6 Å². The molecule has 30 heavy (non-hydrogen) atoms. The Morgan fingerprint density at radius 3 is 2.83 bits per heavy atom. The Hall–Kier alpha value is -3.27. The zero-order valence-electron chi connectivity index (χ0n) is 16.7. The Kier molecular flexibility index (Phi) is 5.75. The lowest BCUT2D eigenvalue weighted by Crippen LogP contribution is -2.34. The van der Waals surface area contributed by atoms with Crippen molar-refractivity contribution >= 4 is 29.1 Å². The van der Waals surface area contributed by atoms with Gasteiger partial charge in [-0.3, -0.25) is 19.0 Å². The first-order chi connectivity index (χ1) is 14.5. The Labute approximate surface area is 173 Å². The van der Waals surface area contributed by atoms with Gasteiger partial charge in [-0.15, -0.1) is 0 Å². The lowest BCUT2D eigenvalue weighted by molar-refractivity contribution is -0.116. The van der Waals surface area contributed by atoms with Crippen LogP contribution in [-0.2, 0) is 16.1 Å². The summed E-state index contributed by atoms with van der Waals surface area (Å²) in [5, 5.41) is 8.51. The van der Waals surface area contributed by atoms with E-state index in [-0.39, 0.29) is 29.6 Å². The van der Waals surface area contributed by atoms with Crippen LogP contribution in [0.3, 0.4) is 0 Å². The molecule has 158 valence electrons. The monoisotopic (exact) mass is 412 g/mol. The van der Waals surface area contributed by atoms with E-state index in [9.17, 15) is 14.4 Å². The van der Waals surface area contributed by atoms with Crippen molar-refractivity contribution in [2.24, 2.45) is 5.92 Å². The van der Waals surface area contributed by atoms with Crippen LogP contribution in [0, 0.1) is 12.8 Å². The molecular formula is C20H24N6O4. The molecule has 0 saturated heterocycles. The molecule has 0 spiro atoms. The Morgan fingerprint density at radius 2 is 2.03 bits per heavy atom. The molecule has 2 amide bonds. The van der Waals surface area contributed by atoms with Crippen LogP contribution in [0.15, 0.2) is 23.3 Å². The number of rotatable bonds is 5. The fourth-order valence-electron chi connectivity index (χ4n) is 3.40. The van der Waals surface area contributed by atoms with Crippen LogP contribution >= 0.6 is 0 Å². The highest BCUT2D eigenvalue weighted by Crippen LogP contribution is 2.32. The second-order valence-electron chi connectivity index (χ2n) is 7.52.